The number of halogens is 1. The number of benzene rings is 1. The molecule has 96 valence electrons. The number of hydrogen-bond donors (Lipinski definition) is 0. The number of ether oxygens (including phenoxy) is 1. The zero-order valence-corrected chi connectivity index (χ0v) is 11.1. The molecule has 18 heavy (non-hydrogen) atoms. The minimum absolute atomic E-state index is 0.542. The molecule has 1 aliphatic heterocycles. The van der Waals surface area contributed by atoms with Crippen LogP contribution in [-0.4, -0.2) is 31.1 Å². The maximum atomic E-state index is 8.96. The minimum atomic E-state index is 0.542. The van der Waals surface area contributed by atoms with Crippen LogP contribution in [0, 0.1) is 11.3 Å². The van der Waals surface area contributed by atoms with Gasteiger partial charge in [-0.3, -0.25) is 0 Å². The molecule has 1 saturated heterocycles. The van der Waals surface area contributed by atoms with Gasteiger partial charge in [-0.2, -0.15) is 5.26 Å². The second kappa shape index (κ2) is 6.63. The molecule has 0 unspecified atom stereocenters. The molecule has 0 atom stereocenters. The van der Waals surface area contributed by atoms with Gasteiger partial charge < -0.3 is 9.64 Å². The fourth-order valence-corrected chi connectivity index (χ4v) is 2.35. The summed E-state index contributed by atoms with van der Waals surface area (Å²) in [5.74, 6) is 0.589. The van der Waals surface area contributed by atoms with Crippen LogP contribution in [0.5, 0.6) is 5.75 Å². The van der Waals surface area contributed by atoms with Crippen LogP contribution in [0.25, 0.3) is 0 Å². The lowest BCUT2D eigenvalue weighted by molar-refractivity contribution is 0.263. The summed E-state index contributed by atoms with van der Waals surface area (Å²) in [5.41, 5.74) is 0.542. The quantitative estimate of drug-likeness (QED) is 0.767. The van der Waals surface area contributed by atoms with Gasteiger partial charge in [0.1, 0.15) is 11.8 Å². The van der Waals surface area contributed by atoms with Crippen LogP contribution in [0.1, 0.15) is 24.8 Å². The van der Waals surface area contributed by atoms with Crippen molar-refractivity contribution >= 4 is 11.6 Å². The van der Waals surface area contributed by atoms with Gasteiger partial charge in [0.15, 0.2) is 0 Å². The summed E-state index contributed by atoms with van der Waals surface area (Å²) in [6.45, 7) is 4.12. The lowest BCUT2D eigenvalue weighted by Crippen LogP contribution is -2.21. The van der Waals surface area contributed by atoms with E-state index in [4.69, 9.17) is 21.6 Å². The van der Waals surface area contributed by atoms with Crippen molar-refractivity contribution in [1.82, 2.24) is 4.90 Å². The van der Waals surface area contributed by atoms with Crippen molar-refractivity contribution < 1.29 is 4.74 Å². The summed E-state index contributed by atoms with van der Waals surface area (Å²) in [5, 5.41) is 9.56. The Labute approximate surface area is 113 Å². The van der Waals surface area contributed by atoms with Crippen molar-refractivity contribution in [2.24, 2.45) is 0 Å². The molecule has 4 heteroatoms. The van der Waals surface area contributed by atoms with Crippen LogP contribution in [0.15, 0.2) is 18.2 Å². The Bertz CT molecular complexity index is 436. The highest BCUT2D eigenvalue weighted by Crippen LogP contribution is 2.22. The van der Waals surface area contributed by atoms with E-state index in [1.165, 1.54) is 25.9 Å². The third kappa shape index (κ3) is 3.63. The van der Waals surface area contributed by atoms with Crippen LogP contribution >= 0.6 is 11.6 Å². The van der Waals surface area contributed by atoms with Gasteiger partial charge in [-0.05, 0) is 44.5 Å². The topological polar surface area (TPSA) is 36.3 Å². The van der Waals surface area contributed by atoms with E-state index in [0.29, 0.717) is 22.9 Å². The highest BCUT2D eigenvalue weighted by atomic mass is 35.5. The van der Waals surface area contributed by atoms with Crippen LogP contribution in [0.2, 0.25) is 5.02 Å². The first kappa shape index (κ1) is 13.2. The first-order valence-corrected chi connectivity index (χ1v) is 6.72. The van der Waals surface area contributed by atoms with Gasteiger partial charge >= 0.3 is 0 Å². The molecule has 0 aliphatic carbocycles. The van der Waals surface area contributed by atoms with Crippen LogP contribution < -0.4 is 4.74 Å². The summed E-state index contributed by atoms with van der Waals surface area (Å²) in [6.07, 6.45) is 3.61. The molecule has 3 nitrogen and oxygen atoms in total. The van der Waals surface area contributed by atoms with E-state index in [9.17, 15) is 0 Å². The van der Waals surface area contributed by atoms with Gasteiger partial charge in [0.05, 0.1) is 12.2 Å². The van der Waals surface area contributed by atoms with Crippen molar-refractivity contribution in [2.75, 3.05) is 26.2 Å². The SMILES string of the molecule is N#Cc1ccc(Cl)cc1OCCCN1CCCC1. The average Bonchev–Trinajstić information content (AvgIpc) is 2.88. The van der Waals surface area contributed by atoms with E-state index in [1.807, 2.05) is 0 Å². The molecular formula is C14H17ClN2O. The maximum absolute atomic E-state index is 8.96. The van der Waals surface area contributed by atoms with Gasteiger partial charge in [0, 0.05) is 17.6 Å². The number of likely N-dealkylation sites (tertiary alicyclic amines) is 1. The second-order valence-corrected chi connectivity index (χ2v) is 4.94. The van der Waals surface area contributed by atoms with Crippen LogP contribution in [0.4, 0.5) is 0 Å². The maximum Gasteiger partial charge on any atom is 0.138 e. The summed E-state index contributed by atoms with van der Waals surface area (Å²) >= 11 is 5.89. The predicted octanol–water partition coefficient (Wildman–Crippen LogP) is 3.08. The van der Waals surface area contributed by atoms with Crippen molar-refractivity contribution in [2.45, 2.75) is 19.3 Å². The lowest BCUT2D eigenvalue weighted by atomic mass is 10.2. The zero-order chi connectivity index (χ0) is 12.8. The molecule has 0 aromatic heterocycles. The number of hydrogen-bond acceptors (Lipinski definition) is 3. The minimum Gasteiger partial charge on any atom is -0.492 e. The molecular weight excluding hydrogens is 248 g/mol. The average molecular weight is 265 g/mol. The standard InChI is InChI=1S/C14H17ClN2O/c15-13-5-4-12(11-16)14(10-13)18-9-3-8-17-6-1-2-7-17/h4-5,10H,1-3,6-9H2. The van der Waals surface area contributed by atoms with E-state index in [2.05, 4.69) is 11.0 Å². The van der Waals surface area contributed by atoms with Crippen LogP contribution in [0.3, 0.4) is 0 Å². The number of rotatable bonds is 5. The Morgan fingerprint density at radius 1 is 1.33 bits per heavy atom. The third-order valence-electron chi connectivity index (χ3n) is 3.14. The number of nitrogens with zero attached hydrogens (tertiary/aromatic N) is 2. The second-order valence-electron chi connectivity index (χ2n) is 4.50. The van der Waals surface area contributed by atoms with Gasteiger partial charge in [0.25, 0.3) is 0 Å². The van der Waals surface area contributed by atoms with E-state index < -0.39 is 0 Å². The summed E-state index contributed by atoms with van der Waals surface area (Å²) in [4.78, 5) is 2.45. The first-order chi connectivity index (χ1) is 8.79. The summed E-state index contributed by atoms with van der Waals surface area (Å²) in [7, 11) is 0. The first-order valence-electron chi connectivity index (χ1n) is 6.34. The van der Waals surface area contributed by atoms with Gasteiger partial charge in [-0.25, -0.2) is 0 Å². The van der Waals surface area contributed by atoms with E-state index in [0.717, 1.165) is 13.0 Å². The summed E-state index contributed by atoms with van der Waals surface area (Å²) in [6, 6.07) is 7.21. The van der Waals surface area contributed by atoms with E-state index >= 15 is 0 Å². The highest BCUT2D eigenvalue weighted by molar-refractivity contribution is 6.30. The summed E-state index contributed by atoms with van der Waals surface area (Å²) < 4.78 is 5.64. The molecule has 1 fully saturated rings. The molecule has 0 spiro atoms. The Morgan fingerprint density at radius 2 is 2.11 bits per heavy atom. The molecule has 0 radical (unpaired) electrons. The van der Waals surface area contributed by atoms with Gasteiger partial charge in [-0.1, -0.05) is 11.6 Å². The molecule has 1 aromatic carbocycles. The van der Waals surface area contributed by atoms with Gasteiger partial charge in [-0.15, -0.1) is 0 Å². The Kier molecular flexibility index (Phi) is 4.86. The predicted molar refractivity (Wildman–Crippen MR) is 72.0 cm³/mol. The molecule has 0 N–H and O–H groups in total. The van der Waals surface area contributed by atoms with E-state index in [-0.39, 0.29) is 0 Å². The molecule has 0 amide bonds. The monoisotopic (exact) mass is 264 g/mol. The molecule has 1 aliphatic rings. The largest absolute Gasteiger partial charge is 0.492 e. The lowest BCUT2D eigenvalue weighted by Gasteiger charge is -2.14. The fraction of sp³-hybridized carbons (Fsp3) is 0.500. The number of nitriles is 1. The molecule has 1 heterocycles. The van der Waals surface area contributed by atoms with Crippen molar-refractivity contribution in [3.05, 3.63) is 28.8 Å². The third-order valence-corrected chi connectivity index (χ3v) is 3.37. The molecule has 0 saturated carbocycles. The van der Waals surface area contributed by atoms with Crippen LogP contribution in [-0.2, 0) is 0 Å². The van der Waals surface area contributed by atoms with Crippen molar-refractivity contribution in [1.29, 1.82) is 5.26 Å². The van der Waals surface area contributed by atoms with Gasteiger partial charge in [0.2, 0.25) is 0 Å². The van der Waals surface area contributed by atoms with Crippen molar-refractivity contribution in [3.8, 4) is 11.8 Å². The smallest absolute Gasteiger partial charge is 0.138 e. The Hall–Kier alpha value is -1.24. The molecule has 0 bridgehead atoms. The fourth-order valence-electron chi connectivity index (χ4n) is 2.18. The van der Waals surface area contributed by atoms with Crippen molar-refractivity contribution in [3.63, 3.8) is 0 Å². The van der Waals surface area contributed by atoms with E-state index in [1.54, 1.807) is 18.2 Å². The Balaban J connectivity index is 1.79. The molecule has 2 rings (SSSR count). The molecule has 1 aromatic rings. The highest BCUT2D eigenvalue weighted by Gasteiger charge is 2.10. The normalized spacial score (nSPS) is 15.6. The zero-order valence-electron chi connectivity index (χ0n) is 10.4. The Morgan fingerprint density at radius 3 is 2.83 bits per heavy atom.